The Morgan fingerprint density at radius 2 is 0.595 bits per heavy atom. The molecule has 7 aromatic rings. The summed E-state index contributed by atoms with van der Waals surface area (Å²) < 4.78 is 0. The van der Waals surface area contributed by atoms with Crippen molar-refractivity contribution in [3.8, 4) is 56.3 Å². The van der Waals surface area contributed by atoms with Crippen LogP contribution in [0.5, 0.6) is 0 Å². The van der Waals surface area contributed by atoms with Crippen LogP contribution in [0.25, 0.3) is 56.3 Å². The van der Waals surface area contributed by atoms with Gasteiger partial charge in [-0.1, -0.05) is 152 Å². The van der Waals surface area contributed by atoms with Crippen molar-refractivity contribution in [2.75, 3.05) is 0 Å². The van der Waals surface area contributed by atoms with Gasteiger partial charge < -0.3 is 0 Å². The summed E-state index contributed by atoms with van der Waals surface area (Å²) in [5.41, 5.74) is 9.92. The summed E-state index contributed by atoms with van der Waals surface area (Å²) in [4.78, 5) is 18.6. The molecule has 0 aliphatic carbocycles. The van der Waals surface area contributed by atoms with Crippen molar-refractivity contribution in [1.82, 2.24) is 19.9 Å². The summed E-state index contributed by atoms with van der Waals surface area (Å²) >= 11 is 0. The molecule has 7 rings (SSSR count). The highest BCUT2D eigenvalue weighted by atomic mass is 14.8. The minimum Gasteiger partial charge on any atom is -0.252 e. The summed E-state index contributed by atoms with van der Waals surface area (Å²) in [6.45, 7) is 0. The van der Waals surface area contributed by atoms with E-state index in [0.717, 1.165) is 56.3 Å². The second-order valence-corrected chi connectivity index (χ2v) is 9.54. The zero-order valence-corrected chi connectivity index (χ0v) is 23.0. The van der Waals surface area contributed by atoms with E-state index < -0.39 is 0 Å². The zero-order valence-electron chi connectivity index (χ0n) is 23.0. The van der Waals surface area contributed by atoms with Gasteiger partial charge in [0.15, 0.2) is 0 Å². The summed E-state index contributed by atoms with van der Waals surface area (Å²) in [7, 11) is 0. The van der Waals surface area contributed by atoms with Gasteiger partial charge in [-0.05, 0) is 0 Å². The van der Waals surface area contributed by atoms with Gasteiger partial charge in [0.05, 0.1) is 34.7 Å². The molecule has 0 saturated carbocycles. The van der Waals surface area contributed by atoms with E-state index in [0.29, 0.717) is 0 Å². The first-order valence-corrected chi connectivity index (χ1v) is 13.8. The third-order valence-corrected chi connectivity index (χ3v) is 6.73. The van der Waals surface area contributed by atoms with Crippen LogP contribution >= 0.6 is 0 Å². The maximum absolute atomic E-state index is 4.93. The van der Waals surface area contributed by atoms with E-state index in [1.54, 1.807) is 12.4 Å². The van der Waals surface area contributed by atoms with Crippen molar-refractivity contribution < 1.29 is 0 Å². The Labute approximate surface area is 246 Å². The number of hydrogen-bond acceptors (Lipinski definition) is 4. The van der Waals surface area contributed by atoms with Crippen molar-refractivity contribution >= 4 is 0 Å². The van der Waals surface area contributed by atoms with Crippen molar-refractivity contribution in [3.05, 3.63) is 170 Å². The van der Waals surface area contributed by atoms with E-state index in [4.69, 9.17) is 9.97 Å². The molecule has 2 aromatic heterocycles. The molecule has 0 spiro atoms. The van der Waals surface area contributed by atoms with Crippen LogP contribution in [0.2, 0.25) is 0 Å². The second kappa shape index (κ2) is 13.1. The lowest BCUT2D eigenvalue weighted by atomic mass is 10.0. The summed E-state index contributed by atoms with van der Waals surface area (Å²) in [6.07, 6.45) is 5.31. The molecule has 0 fully saturated rings. The van der Waals surface area contributed by atoms with Gasteiger partial charge in [0, 0.05) is 40.2 Å². The van der Waals surface area contributed by atoms with Crippen molar-refractivity contribution in [3.63, 3.8) is 0 Å². The SMILES string of the molecule is c1ccc(-c2cnc(-c3ccccc3)c(-c3ccccc3)n2)cc1.c1ccc(-c2nccnc2-c2ccccc2)cc1. The van der Waals surface area contributed by atoms with E-state index in [1.165, 1.54) is 0 Å². The zero-order chi connectivity index (χ0) is 28.4. The van der Waals surface area contributed by atoms with Crippen LogP contribution in [0.15, 0.2) is 170 Å². The first-order valence-electron chi connectivity index (χ1n) is 13.8. The molecule has 0 radical (unpaired) electrons. The van der Waals surface area contributed by atoms with Gasteiger partial charge >= 0.3 is 0 Å². The highest BCUT2D eigenvalue weighted by Crippen LogP contribution is 2.31. The van der Waals surface area contributed by atoms with Crippen LogP contribution < -0.4 is 0 Å². The van der Waals surface area contributed by atoms with E-state index in [1.807, 2.05) is 97.2 Å². The fraction of sp³-hybridized carbons (Fsp3) is 0. The van der Waals surface area contributed by atoms with Gasteiger partial charge in [0.2, 0.25) is 0 Å². The minimum absolute atomic E-state index is 0.883. The fourth-order valence-corrected chi connectivity index (χ4v) is 4.69. The van der Waals surface area contributed by atoms with Gasteiger partial charge in [0.25, 0.3) is 0 Å². The topological polar surface area (TPSA) is 51.6 Å². The van der Waals surface area contributed by atoms with Crippen LogP contribution in [0, 0.1) is 0 Å². The Morgan fingerprint density at radius 1 is 0.286 bits per heavy atom. The smallest absolute Gasteiger partial charge is 0.0972 e. The summed E-state index contributed by atoms with van der Waals surface area (Å²) in [6, 6.07) is 50.8. The molecule has 0 aliphatic rings. The number of benzene rings is 5. The molecular weight excluding hydrogens is 512 g/mol. The second-order valence-electron chi connectivity index (χ2n) is 9.54. The molecule has 0 atom stereocenters. The highest BCUT2D eigenvalue weighted by molar-refractivity contribution is 5.80. The predicted octanol–water partition coefficient (Wildman–Crippen LogP) is 9.29. The van der Waals surface area contributed by atoms with E-state index in [-0.39, 0.29) is 0 Å². The maximum atomic E-state index is 4.93. The van der Waals surface area contributed by atoms with Crippen molar-refractivity contribution in [1.29, 1.82) is 0 Å². The lowest BCUT2D eigenvalue weighted by Crippen LogP contribution is -1.95. The normalized spacial score (nSPS) is 10.4. The van der Waals surface area contributed by atoms with Gasteiger partial charge in [-0.25, -0.2) is 4.98 Å². The molecule has 0 saturated heterocycles. The molecule has 0 bridgehead atoms. The van der Waals surface area contributed by atoms with E-state index >= 15 is 0 Å². The van der Waals surface area contributed by atoms with Gasteiger partial charge in [-0.2, -0.15) is 0 Å². The standard InChI is InChI=1S/C22H16N2.C16H12N2/c1-4-10-17(11-5-1)20-16-23-21(18-12-6-2-7-13-18)22(24-20)19-14-8-3-9-15-19;1-3-7-13(8-4-1)15-16(18-12-11-17-15)14-9-5-2-6-10-14/h1-16H;1-12H. The Balaban J connectivity index is 0.000000157. The Hall–Kier alpha value is -5.74. The van der Waals surface area contributed by atoms with Gasteiger partial charge in [-0.15, -0.1) is 0 Å². The Morgan fingerprint density at radius 3 is 0.976 bits per heavy atom. The molecular formula is C38H28N4. The molecule has 200 valence electrons. The first-order chi connectivity index (χ1) is 20.9. The average Bonchev–Trinajstić information content (AvgIpc) is 3.10. The maximum Gasteiger partial charge on any atom is 0.0972 e. The van der Waals surface area contributed by atoms with Crippen LogP contribution in [0.3, 0.4) is 0 Å². The van der Waals surface area contributed by atoms with Crippen molar-refractivity contribution in [2.45, 2.75) is 0 Å². The van der Waals surface area contributed by atoms with Crippen LogP contribution in [0.1, 0.15) is 0 Å². The van der Waals surface area contributed by atoms with Gasteiger partial charge in [-0.3, -0.25) is 15.0 Å². The lowest BCUT2D eigenvalue weighted by molar-refractivity contribution is 1.21. The third-order valence-electron chi connectivity index (χ3n) is 6.73. The molecule has 4 nitrogen and oxygen atoms in total. The number of hydrogen-bond donors (Lipinski definition) is 0. The van der Waals surface area contributed by atoms with Crippen LogP contribution in [0.4, 0.5) is 0 Å². The van der Waals surface area contributed by atoms with E-state index in [9.17, 15) is 0 Å². The minimum atomic E-state index is 0.883. The lowest BCUT2D eigenvalue weighted by Gasteiger charge is -2.11. The summed E-state index contributed by atoms with van der Waals surface area (Å²) in [5.74, 6) is 0. The highest BCUT2D eigenvalue weighted by Gasteiger charge is 2.13. The molecule has 0 aliphatic heterocycles. The largest absolute Gasteiger partial charge is 0.252 e. The fourth-order valence-electron chi connectivity index (χ4n) is 4.69. The van der Waals surface area contributed by atoms with Gasteiger partial charge in [0.1, 0.15) is 0 Å². The molecule has 42 heavy (non-hydrogen) atoms. The number of nitrogens with zero attached hydrogens (tertiary/aromatic N) is 4. The average molecular weight is 541 g/mol. The van der Waals surface area contributed by atoms with Crippen LogP contribution in [-0.4, -0.2) is 19.9 Å². The summed E-state index contributed by atoms with van der Waals surface area (Å²) in [5, 5.41) is 0. The van der Waals surface area contributed by atoms with Crippen LogP contribution in [-0.2, 0) is 0 Å². The third kappa shape index (κ3) is 6.19. The molecule has 5 aromatic carbocycles. The van der Waals surface area contributed by atoms with E-state index in [2.05, 4.69) is 70.6 Å². The number of rotatable bonds is 5. The molecule has 4 heteroatoms. The molecule has 0 N–H and O–H groups in total. The quantitative estimate of drug-likeness (QED) is 0.218. The van der Waals surface area contributed by atoms with Crippen molar-refractivity contribution in [2.24, 2.45) is 0 Å². The molecule has 2 heterocycles. The molecule has 0 amide bonds. The molecule has 0 unspecified atom stereocenters. The monoisotopic (exact) mass is 540 g/mol. The number of aromatic nitrogens is 4. The predicted molar refractivity (Wildman–Crippen MR) is 171 cm³/mol. The Kier molecular flexibility index (Phi) is 8.24. The Bertz CT molecular complexity index is 1780. The first kappa shape index (κ1) is 26.5.